The summed E-state index contributed by atoms with van der Waals surface area (Å²) in [6.45, 7) is 1.27. The average Bonchev–Trinajstić information content (AvgIpc) is 2.68. The fourth-order valence-corrected chi connectivity index (χ4v) is 1.76. The number of amides is 2. The fourth-order valence-electron chi connectivity index (χ4n) is 1.14. The summed E-state index contributed by atoms with van der Waals surface area (Å²) >= 11 is 1.31. The molecular formula is C10H12N2O4S. The second-order valence-electron chi connectivity index (χ2n) is 3.37. The van der Waals surface area contributed by atoms with E-state index in [0.717, 1.165) is 0 Å². The number of carbonyl (C=O) groups excluding carboxylic acids is 2. The second-order valence-corrected chi connectivity index (χ2v) is 4.32. The largest absolute Gasteiger partial charge is 0.480 e. The van der Waals surface area contributed by atoms with Crippen LogP contribution < -0.4 is 10.6 Å². The molecule has 92 valence electrons. The Kier molecular flexibility index (Phi) is 4.65. The van der Waals surface area contributed by atoms with Gasteiger partial charge in [-0.25, -0.2) is 9.59 Å². The maximum absolute atomic E-state index is 11.4. The summed E-state index contributed by atoms with van der Waals surface area (Å²) in [6, 6.07) is 1.60. The highest BCUT2D eigenvalue weighted by molar-refractivity contribution is 7.14. The van der Waals surface area contributed by atoms with Crippen molar-refractivity contribution in [2.75, 3.05) is 5.32 Å². The van der Waals surface area contributed by atoms with E-state index in [4.69, 9.17) is 5.11 Å². The molecule has 0 saturated heterocycles. The average molecular weight is 256 g/mol. The highest BCUT2D eigenvalue weighted by Gasteiger charge is 2.21. The molecule has 0 aromatic carbocycles. The van der Waals surface area contributed by atoms with Gasteiger partial charge in [0.15, 0.2) is 0 Å². The minimum absolute atomic E-state index is 0.229. The number of Topliss-reactive ketones (excluding diaryl/α,β-unsaturated/α-hetero) is 1. The minimum Gasteiger partial charge on any atom is -0.480 e. The Morgan fingerprint density at radius 1 is 1.47 bits per heavy atom. The van der Waals surface area contributed by atoms with E-state index in [9.17, 15) is 14.4 Å². The van der Waals surface area contributed by atoms with E-state index in [1.54, 1.807) is 17.5 Å². The number of thiophene rings is 1. The number of urea groups is 1. The van der Waals surface area contributed by atoms with Gasteiger partial charge >= 0.3 is 12.0 Å². The van der Waals surface area contributed by atoms with Gasteiger partial charge in [-0.2, -0.15) is 0 Å². The highest BCUT2D eigenvalue weighted by Crippen LogP contribution is 2.14. The lowest BCUT2D eigenvalue weighted by atomic mass is 10.1. The van der Waals surface area contributed by atoms with Crippen molar-refractivity contribution in [2.24, 2.45) is 0 Å². The molecule has 1 atom stereocenters. The summed E-state index contributed by atoms with van der Waals surface area (Å²) in [5.74, 6) is -1.53. The summed E-state index contributed by atoms with van der Waals surface area (Å²) in [6.07, 6.45) is -0.229. The molecule has 0 saturated carbocycles. The van der Waals surface area contributed by atoms with Gasteiger partial charge in [0, 0.05) is 6.42 Å². The minimum atomic E-state index is -1.23. The standard InChI is InChI=1S/C10H12N2O4S/c1-6(13)5-7(9(14)15)11-10(16)12-8-3-2-4-17-8/h2-4,7H,5H2,1H3,(H,14,15)(H2,11,12,16). The van der Waals surface area contributed by atoms with Crippen LogP contribution in [-0.4, -0.2) is 28.9 Å². The van der Waals surface area contributed by atoms with E-state index in [-0.39, 0.29) is 12.2 Å². The molecular weight excluding hydrogens is 244 g/mol. The number of ketones is 1. The maximum atomic E-state index is 11.4. The predicted molar refractivity (Wildman–Crippen MR) is 63.2 cm³/mol. The summed E-state index contributed by atoms with van der Waals surface area (Å²) in [4.78, 5) is 33.0. The monoisotopic (exact) mass is 256 g/mol. The lowest BCUT2D eigenvalue weighted by Gasteiger charge is -2.12. The molecule has 17 heavy (non-hydrogen) atoms. The van der Waals surface area contributed by atoms with Crippen molar-refractivity contribution in [3.05, 3.63) is 17.5 Å². The van der Waals surface area contributed by atoms with Gasteiger partial charge in [-0.3, -0.25) is 10.1 Å². The van der Waals surface area contributed by atoms with Crippen molar-refractivity contribution < 1.29 is 19.5 Å². The molecule has 1 unspecified atom stereocenters. The number of anilines is 1. The Morgan fingerprint density at radius 3 is 2.65 bits per heavy atom. The van der Waals surface area contributed by atoms with Gasteiger partial charge in [0.05, 0.1) is 5.00 Å². The van der Waals surface area contributed by atoms with Crippen LogP contribution in [0, 0.1) is 0 Å². The SMILES string of the molecule is CC(=O)CC(NC(=O)Nc1cccs1)C(=O)O. The first kappa shape index (κ1) is 13.2. The zero-order chi connectivity index (χ0) is 12.8. The van der Waals surface area contributed by atoms with Crippen molar-refractivity contribution in [1.82, 2.24) is 5.32 Å². The highest BCUT2D eigenvalue weighted by atomic mass is 32.1. The first-order chi connectivity index (χ1) is 7.99. The van der Waals surface area contributed by atoms with Crippen LogP contribution in [0.4, 0.5) is 9.80 Å². The Labute approximate surface area is 102 Å². The molecule has 0 bridgehead atoms. The zero-order valence-corrected chi connectivity index (χ0v) is 9.91. The molecule has 1 aromatic rings. The molecule has 0 aliphatic carbocycles. The number of hydrogen-bond acceptors (Lipinski definition) is 4. The van der Waals surface area contributed by atoms with Crippen LogP contribution in [0.2, 0.25) is 0 Å². The third-order valence-electron chi connectivity index (χ3n) is 1.85. The first-order valence-corrected chi connectivity index (χ1v) is 5.70. The van der Waals surface area contributed by atoms with Gasteiger partial charge in [0.1, 0.15) is 11.8 Å². The summed E-state index contributed by atoms with van der Waals surface area (Å²) in [7, 11) is 0. The molecule has 7 heteroatoms. The fraction of sp³-hybridized carbons (Fsp3) is 0.300. The zero-order valence-electron chi connectivity index (χ0n) is 9.10. The molecule has 0 spiro atoms. The summed E-state index contributed by atoms with van der Waals surface area (Å²) < 4.78 is 0. The van der Waals surface area contributed by atoms with Crippen molar-refractivity contribution >= 4 is 34.1 Å². The van der Waals surface area contributed by atoms with Crippen LogP contribution in [0.25, 0.3) is 0 Å². The van der Waals surface area contributed by atoms with Crippen molar-refractivity contribution in [1.29, 1.82) is 0 Å². The van der Waals surface area contributed by atoms with Crippen molar-refractivity contribution in [3.63, 3.8) is 0 Å². The Morgan fingerprint density at radius 2 is 2.18 bits per heavy atom. The van der Waals surface area contributed by atoms with Crippen molar-refractivity contribution in [2.45, 2.75) is 19.4 Å². The van der Waals surface area contributed by atoms with Crippen LogP contribution in [0.5, 0.6) is 0 Å². The second kappa shape index (κ2) is 6.00. The van der Waals surface area contributed by atoms with Gasteiger partial charge < -0.3 is 10.4 Å². The topological polar surface area (TPSA) is 95.5 Å². The number of carbonyl (C=O) groups is 3. The third kappa shape index (κ3) is 4.64. The number of nitrogens with one attached hydrogen (secondary N) is 2. The van der Waals surface area contributed by atoms with E-state index >= 15 is 0 Å². The molecule has 2 amide bonds. The first-order valence-electron chi connectivity index (χ1n) is 4.82. The molecule has 1 rings (SSSR count). The number of aliphatic carboxylic acids is 1. The predicted octanol–water partition coefficient (Wildman–Crippen LogP) is 1.30. The Hall–Kier alpha value is -1.89. The van der Waals surface area contributed by atoms with Crippen LogP contribution in [-0.2, 0) is 9.59 Å². The van der Waals surface area contributed by atoms with E-state index < -0.39 is 18.0 Å². The lowest BCUT2D eigenvalue weighted by molar-refractivity contribution is -0.140. The van der Waals surface area contributed by atoms with Gasteiger partial charge in [-0.05, 0) is 24.4 Å². The van der Waals surface area contributed by atoms with Crippen LogP contribution in [0.1, 0.15) is 13.3 Å². The molecule has 0 fully saturated rings. The Balaban J connectivity index is 2.52. The molecule has 0 aliphatic rings. The smallest absolute Gasteiger partial charge is 0.326 e. The van der Waals surface area contributed by atoms with E-state index in [1.807, 2.05) is 0 Å². The third-order valence-corrected chi connectivity index (χ3v) is 2.64. The molecule has 1 aromatic heterocycles. The quantitative estimate of drug-likeness (QED) is 0.740. The van der Waals surface area contributed by atoms with Gasteiger partial charge in [-0.1, -0.05) is 0 Å². The van der Waals surface area contributed by atoms with Gasteiger partial charge in [0.2, 0.25) is 0 Å². The van der Waals surface area contributed by atoms with Crippen LogP contribution in [0.3, 0.4) is 0 Å². The van der Waals surface area contributed by atoms with E-state index in [1.165, 1.54) is 18.3 Å². The maximum Gasteiger partial charge on any atom is 0.326 e. The summed E-state index contributed by atoms with van der Waals surface area (Å²) in [5.41, 5.74) is 0. The van der Waals surface area contributed by atoms with Crippen molar-refractivity contribution in [3.8, 4) is 0 Å². The molecule has 0 radical (unpaired) electrons. The normalized spacial score (nSPS) is 11.6. The lowest BCUT2D eigenvalue weighted by Crippen LogP contribution is -2.43. The number of carboxylic acid groups (broad SMARTS) is 1. The van der Waals surface area contributed by atoms with E-state index in [2.05, 4.69) is 10.6 Å². The molecule has 1 heterocycles. The number of hydrogen-bond donors (Lipinski definition) is 3. The molecule has 0 aliphatic heterocycles. The van der Waals surface area contributed by atoms with Crippen LogP contribution >= 0.6 is 11.3 Å². The number of rotatable bonds is 5. The number of carboxylic acids is 1. The van der Waals surface area contributed by atoms with Gasteiger partial charge in [-0.15, -0.1) is 11.3 Å². The van der Waals surface area contributed by atoms with E-state index in [0.29, 0.717) is 5.00 Å². The Bertz CT molecular complexity index is 416. The van der Waals surface area contributed by atoms with Crippen LogP contribution in [0.15, 0.2) is 17.5 Å². The molecule has 6 nitrogen and oxygen atoms in total. The summed E-state index contributed by atoms with van der Waals surface area (Å²) in [5, 5.41) is 15.9. The molecule has 3 N–H and O–H groups in total. The van der Waals surface area contributed by atoms with Gasteiger partial charge in [0.25, 0.3) is 0 Å².